The lowest BCUT2D eigenvalue weighted by molar-refractivity contribution is -0.192. The number of carbonyl (C=O) groups excluding carboxylic acids is 1. The Labute approximate surface area is 142 Å². The average Bonchev–Trinajstić information content (AvgIpc) is 2.51. The first-order valence-corrected chi connectivity index (χ1v) is 7.41. The summed E-state index contributed by atoms with van der Waals surface area (Å²) < 4.78 is 45.6. The molecular weight excluding hydrogens is 343 g/mol. The van der Waals surface area contributed by atoms with Crippen LogP contribution in [-0.4, -0.2) is 30.2 Å². The van der Waals surface area contributed by atoms with Crippen LogP contribution in [0.4, 0.5) is 24.5 Å². The molecule has 2 rings (SSSR count). The molecule has 0 fully saturated rings. The number of fused-ring (bicyclic) bond motifs is 1. The molecule has 0 unspecified atom stereocenters. The van der Waals surface area contributed by atoms with Gasteiger partial charge in [-0.1, -0.05) is 12.8 Å². The fourth-order valence-corrected chi connectivity index (χ4v) is 2.25. The molecule has 0 bridgehead atoms. The number of nitrogens with zero attached hydrogens (tertiary/aromatic N) is 1. The van der Waals surface area contributed by atoms with Crippen molar-refractivity contribution >= 4 is 34.6 Å². The van der Waals surface area contributed by atoms with Crippen LogP contribution >= 0.6 is 12.2 Å². The van der Waals surface area contributed by atoms with Crippen molar-refractivity contribution in [1.29, 1.82) is 0 Å². The Balaban J connectivity index is 2.38. The van der Waals surface area contributed by atoms with Crippen LogP contribution in [0.2, 0.25) is 0 Å². The topological polar surface area (TPSA) is 53.6 Å². The van der Waals surface area contributed by atoms with Crippen LogP contribution in [0.3, 0.4) is 0 Å². The van der Waals surface area contributed by atoms with Crippen LogP contribution in [0, 0.1) is 18.2 Å². The Morgan fingerprint density at radius 1 is 1.50 bits per heavy atom. The first-order valence-electron chi connectivity index (χ1n) is 7.00. The van der Waals surface area contributed by atoms with Gasteiger partial charge in [0.25, 0.3) is 0 Å². The third kappa shape index (κ3) is 3.54. The average molecular weight is 357 g/mol. The normalized spacial score (nSPS) is 15.1. The van der Waals surface area contributed by atoms with E-state index < -0.39 is 30.1 Å². The van der Waals surface area contributed by atoms with Crippen LogP contribution in [0.15, 0.2) is 12.1 Å². The summed E-state index contributed by atoms with van der Waals surface area (Å²) in [4.78, 5) is 12.4. The SMILES string of the molecule is C#CCN1C(=O)C(F)(F)Oc2cc(F)c(NC(=S)NCCC)cc21. The van der Waals surface area contributed by atoms with Gasteiger partial charge in [0, 0.05) is 12.6 Å². The third-order valence-corrected chi connectivity index (χ3v) is 3.35. The number of hydrogen-bond donors (Lipinski definition) is 2. The Hall–Kier alpha value is -2.47. The Morgan fingerprint density at radius 3 is 2.83 bits per heavy atom. The van der Waals surface area contributed by atoms with Gasteiger partial charge in [-0.2, -0.15) is 8.78 Å². The second-order valence-corrected chi connectivity index (χ2v) is 5.30. The lowest BCUT2D eigenvalue weighted by atomic mass is 10.2. The van der Waals surface area contributed by atoms with Gasteiger partial charge < -0.3 is 15.4 Å². The standard InChI is InChI=1S/C15H14F3N3O2S/c1-3-5-19-14(24)20-10-8-11-12(7-9(10)16)23-15(17,18)13(22)21(11)6-4-2/h2,7-8H,3,5-6H2,1H3,(H2,19,20,24). The minimum Gasteiger partial charge on any atom is -0.423 e. The van der Waals surface area contributed by atoms with E-state index in [0.29, 0.717) is 11.4 Å². The molecule has 0 saturated carbocycles. The lowest BCUT2D eigenvalue weighted by Crippen LogP contribution is -2.51. The highest BCUT2D eigenvalue weighted by Gasteiger charge is 2.50. The molecule has 1 amide bonds. The Bertz CT molecular complexity index is 719. The number of thiocarbonyl (C=S) groups is 1. The zero-order valence-corrected chi connectivity index (χ0v) is 13.5. The zero-order valence-electron chi connectivity index (χ0n) is 12.7. The molecule has 1 aromatic rings. The molecule has 0 atom stereocenters. The molecule has 5 nitrogen and oxygen atoms in total. The largest absolute Gasteiger partial charge is 0.483 e. The highest BCUT2D eigenvalue weighted by atomic mass is 32.1. The fraction of sp³-hybridized carbons (Fsp3) is 0.333. The molecular formula is C15H14F3N3O2S. The van der Waals surface area contributed by atoms with Gasteiger partial charge in [0.05, 0.1) is 17.9 Å². The minimum absolute atomic E-state index is 0.0638. The summed E-state index contributed by atoms with van der Waals surface area (Å²) >= 11 is 5.00. The minimum atomic E-state index is -4.11. The van der Waals surface area contributed by atoms with Gasteiger partial charge in [0.15, 0.2) is 16.7 Å². The van der Waals surface area contributed by atoms with Gasteiger partial charge >= 0.3 is 12.0 Å². The highest BCUT2D eigenvalue weighted by Crippen LogP contribution is 2.41. The molecule has 24 heavy (non-hydrogen) atoms. The molecule has 1 aromatic carbocycles. The predicted octanol–water partition coefficient (Wildman–Crippen LogP) is 2.47. The number of carbonyl (C=O) groups is 1. The van der Waals surface area contributed by atoms with Crippen molar-refractivity contribution in [3.63, 3.8) is 0 Å². The molecule has 9 heteroatoms. The van der Waals surface area contributed by atoms with Crippen LogP contribution in [0.25, 0.3) is 0 Å². The smallest absolute Gasteiger partial charge is 0.423 e. The van der Waals surface area contributed by atoms with Crippen LogP contribution in [0.1, 0.15) is 13.3 Å². The van der Waals surface area contributed by atoms with E-state index in [4.69, 9.17) is 18.6 Å². The number of halogens is 3. The van der Waals surface area contributed by atoms with Gasteiger partial charge in [-0.25, -0.2) is 4.39 Å². The van der Waals surface area contributed by atoms with Crippen molar-refractivity contribution in [2.45, 2.75) is 19.5 Å². The number of hydrogen-bond acceptors (Lipinski definition) is 3. The second kappa shape index (κ2) is 6.97. The number of ether oxygens (including phenoxy) is 1. The van der Waals surface area contributed by atoms with Crippen molar-refractivity contribution in [2.75, 3.05) is 23.3 Å². The van der Waals surface area contributed by atoms with Gasteiger partial charge in [0.2, 0.25) is 0 Å². The van der Waals surface area contributed by atoms with Gasteiger partial charge in [-0.15, -0.1) is 6.42 Å². The summed E-state index contributed by atoms with van der Waals surface area (Å²) in [6.07, 6.45) is 1.82. The molecule has 0 aliphatic carbocycles. The van der Waals surface area contributed by atoms with Crippen LogP contribution in [-0.2, 0) is 4.79 Å². The van der Waals surface area contributed by atoms with Crippen molar-refractivity contribution in [3.05, 3.63) is 17.9 Å². The number of nitrogens with one attached hydrogen (secondary N) is 2. The molecule has 0 radical (unpaired) electrons. The first-order chi connectivity index (χ1) is 11.3. The number of rotatable bonds is 4. The molecule has 128 valence electrons. The van der Waals surface area contributed by atoms with Gasteiger partial charge in [-0.3, -0.25) is 9.69 Å². The van der Waals surface area contributed by atoms with E-state index in [9.17, 15) is 18.0 Å². The van der Waals surface area contributed by atoms with Crippen molar-refractivity contribution in [1.82, 2.24) is 5.32 Å². The van der Waals surface area contributed by atoms with E-state index in [1.165, 1.54) is 0 Å². The second-order valence-electron chi connectivity index (χ2n) is 4.89. The number of benzene rings is 1. The maximum atomic E-state index is 14.1. The van der Waals surface area contributed by atoms with E-state index in [-0.39, 0.29) is 16.5 Å². The first kappa shape index (κ1) is 17.9. The van der Waals surface area contributed by atoms with Crippen molar-refractivity contribution in [2.24, 2.45) is 0 Å². The van der Waals surface area contributed by atoms with E-state index in [1.54, 1.807) is 0 Å². The van der Waals surface area contributed by atoms with E-state index >= 15 is 0 Å². The van der Waals surface area contributed by atoms with Crippen molar-refractivity contribution < 1.29 is 22.7 Å². The van der Waals surface area contributed by atoms with E-state index in [2.05, 4.69) is 21.3 Å². The molecule has 0 spiro atoms. The van der Waals surface area contributed by atoms with Crippen molar-refractivity contribution in [3.8, 4) is 18.1 Å². The summed E-state index contributed by atoms with van der Waals surface area (Å²) in [7, 11) is 0. The predicted molar refractivity (Wildman–Crippen MR) is 87.7 cm³/mol. The highest BCUT2D eigenvalue weighted by molar-refractivity contribution is 7.80. The van der Waals surface area contributed by atoms with Crippen LogP contribution < -0.4 is 20.3 Å². The van der Waals surface area contributed by atoms with Gasteiger partial charge in [0.1, 0.15) is 0 Å². The summed E-state index contributed by atoms with van der Waals surface area (Å²) in [5.74, 6) is -0.843. The van der Waals surface area contributed by atoms with Gasteiger partial charge in [-0.05, 0) is 24.7 Å². The summed E-state index contributed by atoms with van der Waals surface area (Å²) in [5.41, 5.74) is -0.156. The quantitative estimate of drug-likeness (QED) is 0.641. The fourth-order valence-electron chi connectivity index (χ4n) is 2.03. The molecule has 0 aromatic heterocycles. The molecule has 1 aliphatic rings. The molecule has 1 heterocycles. The molecule has 1 aliphatic heterocycles. The maximum Gasteiger partial charge on any atom is 0.483 e. The Morgan fingerprint density at radius 2 is 2.21 bits per heavy atom. The Kier molecular flexibility index (Phi) is 5.19. The number of amides is 1. The van der Waals surface area contributed by atoms with E-state index in [1.807, 2.05) is 6.92 Å². The van der Waals surface area contributed by atoms with Crippen LogP contribution in [0.5, 0.6) is 5.75 Å². The third-order valence-electron chi connectivity index (χ3n) is 3.10. The maximum absolute atomic E-state index is 14.1. The summed E-state index contributed by atoms with van der Waals surface area (Å²) in [6.45, 7) is 2.10. The number of alkyl halides is 2. The lowest BCUT2D eigenvalue weighted by Gasteiger charge is -2.32. The zero-order chi connectivity index (χ0) is 17.9. The number of terminal acetylenes is 1. The molecule has 0 saturated heterocycles. The molecule has 2 N–H and O–H groups in total. The monoisotopic (exact) mass is 357 g/mol. The van der Waals surface area contributed by atoms with E-state index in [0.717, 1.165) is 18.6 Å². The summed E-state index contributed by atoms with van der Waals surface area (Å²) in [6, 6.07) is 1.90. The summed E-state index contributed by atoms with van der Waals surface area (Å²) in [5, 5.41) is 5.60. The number of anilines is 2.